The molecule has 4 nitrogen and oxygen atoms in total. The van der Waals surface area contributed by atoms with Gasteiger partial charge in [0.2, 0.25) is 0 Å². The second-order valence-corrected chi connectivity index (χ2v) is 4.22. The van der Waals surface area contributed by atoms with Crippen molar-refractivity contribution in [1.82, 2.24) is 4.90 Å². The Balaban J connectivity index is 3.65. The van der Waals surface area contributed by atoms with Crippen LogP contribution in [0.2, 0.25) is 0 Å². The van der Waals surface area contributed by atoms with Gasteiger partial charge in [-0.15, -0.1) is 0 Å². The molecule has 0 aliphatic rings. The molecule has 0 bridgehead atoms. The monoisotopic (exact) mass is 202 g/mol. The van der Waals surface area contributed by atoms with Gasteiger partial charge in [-0.25, -0.2) is 0 Å². The maximum absolute atomic E-state index is 11.3. The van der Waals surface area contributed by atoms with Gasteiger partial charge in [0.15, 0.2) is 0 Å². The fraction of sp³-hybridized carbons (Fsp3) is 0.900. The zero-order chi connectivity index (χ0) is 11.1. The minimum Gasteiger partial charge on any atom is -0.464 e. The summed E-state index contributed by atoms with van der Waals surface area (Å²) in [7, 11) is 3.90. The topological polar surface area (TPSA) is 55.6 Å². The molecule has 0 aliphatic carbocycles. The van der Waals surface area contributed by atoms with Gasteiger partial charge >= 0.3 is 5.97 Å². The van der Waals surface area contributed by atoms with Crippen molar-refractivity contribution in [3.05, 3.63) is 0 Å². The van der Waals surface area contributed by atoms with E-state index in [2.05, 4.69) is 0 Å². The zero-order valence-corrected chi connectivity index (χ0v) is 9.62. The first-order valence-corrected chi connectivity index (χ1v) is 5.00. The standard InChI is InChI=1S/C10H22N2O2/c1-8(2)7-14-10(13)9(11)5-6-12(3)4/h8-9H,5-7,11H2,1-4H3/t9-/m0/s1. The lowest BCUT2D eigenvalue weighted by Gasteiger charge is -2.15. The first-order valence-electron chi connectivity index (χ1n) is 5.00. The second-order valence-electron chi connectivity index (χ2n) is 4.22. The number of carbonyl (C=O) groups is 1. The highest BCUT2D eigenvalue weighted by molar-refractivity contribution is 5.75. The average Bonchev–Trinajstić information content (AvgIpc) is 2.09. The Labute approximate surface area is 86.4 Å². The van der Waals surface area contributed by atoms with Crippen LogP contribution in [0.5, 0.6) is 0 Å². The van der Waals surface area contributed by atoms with Crippen molar-refractivity contribution >= 4 is 5.97 Å². The Bertz CT molecular complexity index is 170. The fourth-order valence-corrected chi connectivity index (χ4v) is 0.871. The number of nitrogens with two attached hydrogens (primary N) is 1. The fourth-order valence-electron chi connectivity index (χ4n) is 0.871. The molecule has 0 rings (SSSR count). The molecule has 2 N–H and O–H groups in total. The normalized spacial score (nSPS) is 13.4. The summed E-state index contributed by atoms with van der Waals surface area (Å²) < 4.78 is 5.02. The van der Waals surface area contributed by atoms with Crippen molar-refractivity contribution in [2.24, 2.45) is 11.7 Å². The Kier molecular flexibility index (Phi) is 6.49. The number of hydrogen-bond donors (Lipinski definition) is 1. The third-order valence-corrected chi connectivity index (χ3v) is 1.75. The van der Waals surface area contributed by atoms with E-state index in [1.807, 2.05) is 32.8 Å². The minimum absolute atomic E-state index is 0.291. The minimum atomic E-state index is -0.490. The Morgan fingerprint density at radius 1 is 1.43 bits per heavy atom. The van der Waals surface area contributed by atoms with Crippen LogP contribution in [0, 0.1) is 5.92 Å². The van der Waals surface area contributed by atoms with Crippen LogP contribution in [0.3, 0.4) is 0 Å². The maximum atomic E-state index is 11.3. The van der Waals surface area contributed by atoms with Crippen LogP contribution in [-0.4, -0.2) is 44.2 Å². The first-order chi connectivity index (χ1) is 6.43. The highest BCUT2D eigenvalue weighted by Crippen LogP contribution is 1.97. The molecule has 1 atom stereocenters. The summed E-state index contributed by atoms with van der Waals surface area (Å²) in [5, 5.41) is 0. The summed E-state index contributed by atoms with van der Waals surface area (Å²) in [5.41, 5.74) is 5.65. The SMILES string of the molecule is CC(C)COC(=O)[C@@H](N)CCN(C)C. The second kappa shape index (κ2) is 6.79. The molecule has 0 fully saturated rings. The summed E-state index contributed by atoms with van der Waals surface area (Å²) in [4.78, 5) is 13.3. The molecule has 0 aromatic heterocycles. The van der Waals surface area contributed by atoms with E-state index in [-0.39, 0.29) is 5.97 Å². The van der Waals surface area contributed by atoms with Crippen LogP contribution in [0.1, 0.15) is 20.3 Å². The molecule has 84 valence electrons. The van der Waals surface area contributed by atoms with Crippen LogP contribution in [0.25, 0.3) is 0 Å². The highest BCUT2D eigenvalue weighted by Gasteiger charge is 2.15. The van der Waals surface area contributed by atoms with Gasteiger partial charge in [0.25, 0.3) is 0 Å². The van der Waals surface area contributed by atoms with Crippen molar-refractivity contribution < 1.29 is 9.53 Å². The molecule has 0 aromatic rings. The van der Waals surface area contributed by atoms with Gasteiger partial charge in [-0.1, -0.05) is 13.8 Å². The van der Waals surface area contributed by atoms with E-state index in [9.17, 15) is 4.79 Å². The molecule has 0 heterocycles. The van der Waals surface area contributed by atoms with Crippen molar-refractivity contribution in [1.29, 1.82) is 0 Å². The van der Waals surface area contributed by atoms with Crippen LogP contribution in [-0.2, 0) is 9.53 Å². The van der Waals surface area contributed by atoms with Gasteiger partial charge in [-0.3, -0.25) is 4.79 Å². The number of nitrogens with zero attached hydrogens (tertiary/aromatic N) is 1. The van der Waals surface area contributed by atoms with Crippen LogP contribution in [0.4, 0.5) is 0 Å². The number of carbonyl (C=O) groups excluding carboxylic acids is 1. The van der Waals surface area contributed by atoms with E-state index >= 15 is 0 Å². The Morgan fingerprint density at radius 3 is 2.43 bits per heavy atom. The van der Waals surface area contributed by atoms with Gasteiger partial charge in [-0.05, 0) is 33.0 Å². The molecule has 0 saturated heterocycles. The molecular formula is C10H22N2O2. The predicted octanol–water partition coefficient (Wildman–Crippen LogP) is 0.465. The predicted molar refractivity (Wildman–Crippen MR) is 56.9 cm³/mol. The quantitative estimate of drug-likeness (QED) is 0.636. The lowest BCUT2D eigenvalue weighted by atomic mass is 10.2. The Hall–Kier alpha value is -0.610. The van der Waals surface area contributed by atoms with E-state index in [0.717, 1.165) is 6.54 Å². The molecule has 0 unspecified atom stereocenters. The van der Waals surface area contributed by atoms with Gasteiger partial charge < -0.3 is 15.4 Å². The number of esters is 1. The lowest BCUT2D eigenvalue weighted by Crippen LogP contribution is -2.35. The number of hydrogen-bond acceptors (Lipinski definition) is 4. The van der Waals surface area contributed by atoms with Crippen molar-refractivity contribution in [3.8, 4) is 0 Å². The largest absolute Gasteiger partial charge is 0.464 e. The van der Waals surface area contributed by atoms with Crippen LogP contribution in [0.15, 0.2) is 0 Å². The molecule has 0 radical (unpaired) electrons. The molecule has 14 heavy (non-hydrogen) atoms. The van der Waals surface area contributed by atoms with Crippen molar-refractivity contribution in [3.63, 3.8) is 0 Å². The van der Waals surface area contributed by atoms with Crippen molar-refractivity contribution in [2.45, 2.75) is 26.3 Å². The van der Waals surface area contributed by atoms with E-state index in [1.165, 1.54) is 0 Å². The molecule has 0 spiro atoms. The van der Waals surface area contributed by atoms with E-state index in [4.69, 9.17) is 10.5 Å². The summed E-state index contributed by atoms with van der Waals surface area (Å²) in [6, 6.07) is -0.490. The van der Waals surface area contributed by atoms with Crippen molar-refractivity contribution in [2.75, 3.05) is 27.2 Å². The summed E-state index contributed by atoms with van der Waals surface area (Å²) in [5.74, 6) is 0.0700. The molecule has 0 amide bonds. The Morgan fingerprint density at radius 2 is 2.00 bits per heavy atom. The van der Waals surface area contributed by atoms with Gasteiger partial charge in [0.1, 0.15) is 6.04 Å². The number of ether oxygens (including phenoxy) is 1. The van der Waals surface area contributed by atoms with E-state index in [0.29, 0.717) is 18.9 Å². The third kappa shape index (κ3) is 6.86. The zero-order valence-electron chi connectivity index (χ0n) is 9.62. The summed E-state index contributed by atoms with van der Waals surface area (Å²) in [6.45, 7) is 5.25. The maximum Gasteiger partial charge on any atom is 0.322 e. The van der Waals surface area contributed by atoms with E-state index in [1.54, 1.807) is 0 Å². The summed E-state index contributed by atoms with van der Waals surface area (Å²) in [6.07, 6.45) is 0.643. The smallest absolute Gasteiger partial charge is 0.322 e. The molecule has 0 aromatic carbocycles. The molecule has 0 saturated carbocycles. The lowest BCUT2D eigenvalue weighted by molar-refractivity contribution is -0.146. The average molecular weight is 202 g/mol. The summed E-state index contributed by atoms with van der Waals surface area (Å²) >= 11 is 0. The van der Waals surface area contributed by atoms with Crippen LogP contribution >= 0.6 is 0 Å². The van der Waals surface area contributed by atoms with Gasteiger partial charge in [-0.2, -0.15) is 0 Å². The number of rotatable bonds is 6. The highest BCUT2D eigenvalue weighted by atomic mass is 16.5. The first kappa shape index (κ1) is 13.4. The molecular weight excluding hydrogens is 180 g/mol. The van der Waals surface area contributed by atoms with Gasteiger partial charge in [0.05, 0.1) is 6.61 Å². The van der Waals surface area contributed by atoms with Crippen LogP contribution < -0.4 is 5.73 Å². The molecule has 0 aliphatic heterocycles. The van der Waals surface area contributed by atoms with E-state index < -0.39 is 6.04 Å². The molecule has 4 heteroatoms. The van der Waals surface area contributed by atoms with Gasteiger partial charge in [0, 0.05) is 0 Å². The third-order valence-electron chi connectivity index (χ3n) is 1.75.